The van der Waals surface area contributed by atoms with Gasteiger partial charge in [-0.3, -0.25) is 4.79 Å². The van der Waals surface area contributed by atoms with E-state index in [1.165, 1.54) is 0 Å². The van der Waals surface area contributed by atoms with Gasteiger partial charge in [0.1, 0.15) is 0 Å². The Hall–Kier alpha value is -1.75. The number of rotatable bonds is 5. The molecule has 3 rings (SSSR count). The average Bonchev–Trinajstić information content (AvgIpc) is 3.22. The number of aliphatic hydroxyl groups excluding tert-OH is 2. The molecule has 1 aromatic heterocycles. The second kappa shape index (κ2) is 7.59. The molecule has 2 atom stereocenters. The summed E-state index contributed by atoms with van der Waals surface area (Å²) in [7, 11) is 1.37. The van der Waals surface area contributed by atoms with E-state index in [4.69, 9.17) is 14.4 Å². The maximum absolute atomic E-state index is 12.0. The van der Waals surface area contributed by atoms with E-state index in [-0.39, 0.29) is 6.04 Å². The van der Waals surface area contributed by atoms with Crippen LogP contribution in [0.2, 0.25) is 0 Å². The van der Waals surface area contributed by atoms with Gasteiger partial charge in [-0.2, -0.15) is 0 Å². The Balaban J connectivity index is 1.64. The van der Waals surface area contributed by atoms with Gasteiger partial charge in [-0.1, -0.05) is 0 Å². The van der Waals surface area contributed by atoms with Gasteiger partial charge in [-0.25, -0.2) is 9.97 Å². The molecular weight excluding hydrogens is 363 g/mol. The topological polar surface area (TPSA) is 108 Å². The fourth-order valence-electron chi connectivity index (χ4n) is 3.32. The lowest BCUT2D eigenvalue weighted by molar-refractivity contribution is -0.141. The van der Waals surface area contributed by atoms with Gasteiger partial charge in [0, 0.05) is 38.0 Å². The van der Waals surface area contributed by atoms with Gasteiger partial charge in [0.15, 0.2) is 6.10 Å². The minimum atomic E-state index is -1.36. The van der Waals surface area contributed by atoms with E-state index in [1.54, 1.807) is 17.3 Å². The van der Waals surface area contributed by atoms with E-state index < -0.39 is 36.9 Å². The van der Waals surface area contributed by atoms with E-state index in [2.05, 4.69) is 9.97 Å². The zero-order valence-electron chi connectivity index (χ0n) is 17.1. The number of hydrogen-bond acceptors (Lipinski definition) is 8. The molecule has 154 valence electrons. The number of anilines is 1. The van der Waals surface area contributed by atoms with Crippen LogP contribution in [-0.2, 0) is 14.1 Å². The zero-order valence-corrected chi connectivity index (χ0v) is 17.1. The lowest BCUT2D eigenvalue weighted by Gasteiger charge is -2.32. The molecule has 0 saturated carbocycles. The van der Waals surface area contributed by atoms with Crippen molar-refractivity contribution in [3.63, 3.8) is 0 Å². The minimum Gasteiger partial charge on any atom is -0.399 e. The molecule has 2 N–H and O–H groups in total. The fourth-order valence-corrected chi connectivity index (χ4v) is 3.32. The maximum Gasteiger partial charge on any atom is 0.498 e. The fraction of sp³-hybridized carbons (Fsp3) is 0.722. The van der Waals surface area contributed by atoms with E-state index in [0.717, 1.165) is 11.9 Å². The number of likely N-dealkylation sites (N-methyl/N-ethyl adjacent to an activating group) is 1. The summed E-state index contributed by atoms with van der Waals surface area (Å²) in [5.74, 6) is 0.0951. The van der Waals surface area contributed by atoms with E-state index in [1.807, 2.05) is 39.6 Å². The number of aromatic nitrogens is 2. The van der Waals surface area contributed by atoms with Crippen LogP contribution < -0.4 is 10.4 Å². The number of hydrogen-bond donors (Lipinski definition) is 2. The van der Waals surface area contributed by atoms with Gasteiger partial charge < -0.3 is 29.3 Å². The van der Waals surface area contributed by atoms with Gasteiger partial charge in [-0.05, 0) is 34.1 Å². The Kier molecular flexibility index (Phi) is 5.68. The molecule has 0 radical (unpaired) electrons. The first-order valence-corrected chi connectivity index (χ1v) is 9.54. The molecule has 0 unspecified atom stereocenters. The summed E-state index contributed by atoms with van der Waals surface area (Å²) in [5, 5.41) is 18.5. The third-order valence-electron chi connectivity index (χ3n) is 5.98. The molecule has 2 aliphatic heterocycles. The average molecular weight is 392 g/mol. The van der Waals surface area contributed by atoms with E-state index >= 15 is 0 Å². The first kappa shape index (κ1) is 21.0. The Bertz CT molecular complexity index is 698. The van der Waals surface area contributed by atoms with Crippen molar-refractivity contribution in [3.8, 4) is 0 Å². The highest BCUT2D eigenvalue weighted by atomic mass is 16.7. The van der Waals surface area contributed by atoms with E-state index in [0.29, 0.717) is 19.0 Å². The summed E-state index contributed by atoms with van der Waals surface area (Å²) in [6, 6.07) is 0.0394. The monoisotopic (exact) mass is 392 g/mol. The Morgan fingerprint density at radius 1 is 1.32 bits per heavy atom. The zero-order chi connectivity index (χ0) is 20.7. The number of aliphatic hydroxyl groups is 2. The van der Waals surface area contributed by atoms with Gasteiger partial charge in [0.05, 0.1) is 23.9 Å². The highest BCUT2D eigenvalue weighted by Gasteiger charge is 2.52. The molecule has 28 heavy (non-hydrogen) atoms. The quantitative estimate of drug-likeness (QED) is 0.625. The van der Waals surface area contributed by atoms with Crippen LogP contribution in [0.15, 0.2) is 12.4 Å². The second-order valence-corrected chi connectivity index (χ2v) is 8.44. The molecular formula is C18H29BN4O5. The third kappa shape index (κ3) is 3.87. The van der Waals surface area contributed by atoms with Gasteiger partial charge in [0.25, 0.3) is 5.91 Å². The van der Waals surface area contributed by atoms with Crippen molar-refractivity contribution in [2.24, 2.45) is 0 Å². The molecule has 10 heteroatoms. The predicted octanol–water partition coefficient (Wildman–Crippen LogP) is -0.834. The van der Waals surface area contributed by atoms with Gasteiger partial charge >= 0.3 is 7.12 Å². The number of nitrogens with zero attached hydrogens (tertiary/aromatic N) is 4. The van der Waals surface area contributed by atoms with E-state index in [9.17, 15) is 9.90 Å². The van der Waals surface area contributed by atoms with Crippen molar-refractivity contribution < 1.29 is 24.3 Å². The van der Waals surface area contributed by atoms with Crippen LogP contribution in [0.4, 0.5) is 5.95 Å². The molecule has 0 spiro atoms. The van der Waals surface area contributed by atoms with Crippen LogP contribution in [-0.4, -0.2) is 88.2 Å². The van der Waals surface area contributed by atoms with Crippen molar-refractivity contribution in [2.45, 2.75) is 57.5 Å². The molecule has 2 saturated heterocycles. The summed E-state index contributed by atoms with van der Waals surface area (Å²) in [5.41, 5.74) is -0.0943. The molecule has 0 aliphatic carbocycles. The number of carbonyl (C=O) groups excluding carboxylic acids is 1. The lowest BCUT2D eigenvalue weighted by atomic mass is 9.81. The minimum absolute atomic E-state index is 0.0394. The predicted molar refractivity (Wildman–Crippen MR) is 104 cm³/mol. The molecule has 3 heterocycles. The van der Waals surface area contributed by atoms with Crippen molar-refractivity contribution in [2.75, 3.05) is 31.6 Å². The summed E-state index contributed by atoms with van der Waals surface area (Å²) < 4.78 is 12.0. The smallest absolute Gasteiger partial charge is 0.399 e. The van der Waals surface area contributed by atoms with Crippen molar-refractivity contribution in [3.05, 3.63) is 12.4 Å². The van der Waals surface area contributed by atoms with Crippen molar-refractivity contribution >= 4 is 24.4 Å². The van der Waals surface area contributed by atoms with Crippen LogP contribution in [0.5, 0.6) is 0 Å². The first-order valence-electron chi connectivity index (χ1n) is 9.54. The lowest BCUT2D eigenvalue weighted by Crippen LogP contribution is -2.42. The molecule has 9 nitrogen and oxygen atoms in total. The normalized spacial score (nSPS) is 24.5. The molecule has 1 aromatic rings. The van der Waals surface area contributed by atoms with Crippen LogP contribution >= 0.6 is 0 Å². The SMILES string of the molecule is CN(c1ncc(B2OC(C)(C)C(C)(C)O2)cn1)[C@H]1CCN(C(=O)[C@H](O)CO)C1. The van der Waals surface area contributed by atoms with Crippen molar-refractivity contribution in [1.29, 1.82) is 0 Å². The number of carbonyl (C=O) groups is 1. The molecule has 0 aromatic carbocycles. The molecule has 0 bridgehead atoms. The van der Waals surface area contributed by atoms with Crippen LogP contribution in [0.3, 0.4) is 0 Å². The summed E-state index contributed by atoms with van der Waals surface area (Å²) >= 11 is 0. The first-order chi connectivity index (χ1) is 13.1. The van der Waals surface area contributed by atoms with Crippen LogP contribution in [0, 0.1) is 0 Å². The Labute approximate surface area is 165 Å². The van der Waals surface area contributed by atoms with Crippen LogP contribution in [0.1, 0.15) is 34.1 Å². The standard InChI is InChI=1S/C18H29BN4O5/c1-17(2)18(3,4)28-19(27-17)12-8-20-16(21-9-12)22(5)13-6-7-23(10-13)15(26)14(25)11-24/h8-9,13-14,24-25H,6-7,10-11H2,1-5H3/t13-,14+/m0/s1. The largest absolute Gasteiger partial charge is 0.498 e. The highest BCUT2D eigenvalue weighted by molar-refractivity contribution is 6.61. The van der Waals surface area contributed by atoms with Crippen molar-refractivity contribution in [1.82, 2.24) is 14.9 Å². The third-order valence-corrected chi connectivity index (χ3v) is 5.98. The maximum atomic E-state index is 12.0. The summed E-state index contributed by atoms with van der Waals surface area (Å²) in [4.78, 5) is 24.4. The molecule has 2 aliphatic rings. The highest BCUT2D eigenvalue weighted by Crippen LogP contribution is 2.36. The number of likely N-dealkylation sites (tertiary alicyclic amines) is 1. The Morgan fingerprint density at radius 2 is 1.89 bits per heavy atom. The van der Waals surface area contributed by atoms with Gasteiger partial charge in [-0.15, -0.1) is 0 Å². The summed E-state index contributed by atoms with van der Waals surface area (Å²) in [6.45, 7) is 8.40. The second-order valence-electron chi connectivity index (χ2n) is 8.44. The molecule has 1 amide bonds. The Morgan fingerprint density at radius 3 is 2.43 bits per heavy atom. The van der Waals surface area contributed by atoms with Crippen LogP contribution in [0.25, 0.3) is 0 Å². The van der Waals surface area contributed by atoms with Gasteiger partial charge in [0.2, 0.25) is 5.95 Å². The summed E-state index contributed by atoms with van der Waals surface area (Å²) in [6.07, 6.45) is 2.78. The molecule has 2 fully saturated rings. The number of amides is 1.